The Morgan fingerprint density at radius 1 is 1.25 bits per heavy atom. The van der Waals surface area contributed by atoms with E-state index in [4.69, 9.17) is 4.74 Å². The van der Waals surface area contributed by atoms with Gasteiger partial charge in [-0.3, -0.25) is 4.79 Å². The lowest BCUT2D eigenvalue weighted by Crippen LogP contribution is -2.53. The molecule has 1 N–H and O–H groups in total. The smallest absolute Gasteiger partial charge is 0.444 e. The lowest BCUT2D eigenvalue weighted by Gasteiger charge is -2.33. The van der Waals surface area contributed by atoms with Gasteiger partial charge < -0.3 is 15.0 Å². The van der Waals surface area contributed by atoms with Gasteiger partial charge in [0.05, 0.1) is 0 Å². The third-order valence-electron chi connectivity index (χ3n) is 2.67. The number of hydrogen-bond acceptors (Lipinski definition) is 3. The maximum atomic E-state index is 12.3. The maximum absolute atomic E-state index is 12.3. The molecule has 1 heterocycles. The summed E-state index contributed by atoms with van der Waals surface area (Å²) in [5, 5.41) is 2.49. The maximum Gasteiger partial charge on any atom is 0.471 e. The van der Waals surface area contributed by atoms with Gasteiger partial charge in [0.1, 0.15) is 5.60 Å². The highest BCUT2D eigenvalue weighted by Gasteiger charge is 2.43. The first-order chi connectivity index (χ1) is 8.99. The third-order valence-corrected chi connectivity index (χ3v) is 2.67. The molecule has 0 aliphatic carbocycles. The first kappa shape index (κ1) is 16.6. The van der Waals surface area contributed by atoms with E-state index in [1.54, 1.807) is 20.8 Å². The van der Waals surface area contributed by atoms with Crippen LogP contribution < -0.4 is 5.32 Å². The molecular formula is C12H19F3N2O3. The first-order valence-corrected chi connectivity index (χ1v) is 6.34. The minimum Gasteiger partial charge on any atom is -0.444 e. The van der Waals surface area contributed by atoms with Gasteiger partial charge >= 0.3 is 18.2 Å². The summed E-state index contributed by atoms with van der Waals surface area (Å²) >= 11 is 0. The van der Waals surface area contributed by atoms with E-state index in [1.165, 1.54) is 0 Å². The molecule has 0 aromatic carbocycles. The van der Waals surface area contributed by atoms with Crippen LogP contribution >= 0.6 is 0 Å². The van der Waals surface area contributed by atoms with Crippen LogP contribution in [0.3, 0.4) is 0 Å². The fraction of sp³-hybridized carbons (Fsp3) is 0.833. The van der Waals surface area contributed by atoms with Crippen molar-refractivity contribution < 1.29 is 27.5 Å². The predicted molar refractivity (Wildman–Crippen MR) is 65.0 cm³/mol. The Balaban J connectivity index is 2.53. The molecule has 1 atom stereocenters. The molecule has 1 fully saturated rings. The number of ether oxygens (including phenoxy) is 1. The molecule has 0 aromatic heterocycles. The van der Waals surface area contributed by atoms with E-state index in [2.05, 4.69) is 5.32 Å². The number of halogens is 3. The number of alkyl halides is 3. The number of nitrogens with one attached hydrogen (secondary N) is 1. The molecule has 116 valence electrons. The topological polar surface area (TPSA) is 58.6 Å². The van der Waals surface area contributed by atoms with Crippen molar-refractivity contribution in [2.75, 3.05) is 13.1 Å². The minimum atomic E-state index is -4.88. The molecule has 1 aliphatic heterocycles. The summed E-state index contributed by atoms with van der Waals surface area (Å²) in [6.07, 6.45) is -4.65. The molecule has 0 unspecified atom stereocenters. The zero-order chi connectivity index (χ0) is 15.6. The molecule has 2 amide bonds. The first-order valence-electron chi connectivity index (χ1n) is 6.34. The zero-order valence-corrected chi connectivity index (χ0v) is 11.7. The van der Waals surface area contributed by atoms with Crippen LogP contribution in [-0.2, 0) is 9.53 Å². The standard InChI is InChI=1S/C12H19F3N2O3/c1-11(2,3)20-10(19)16-8-5-4-6-17(7-8)9(18)12(13,14)15/h8H,4-7H2,1-3H3,(H,16,19)/t8-/m0/s1. The number of nitrogens with zero attached hydrogens (tertiary/aromatic N) is 1. The summed E-state index contributed by atoms with van der Waals surface area (Å²) in [7, 11) is 0. The molecular weight excluding hydrogens is 277 g/mol. The Hall–Kier alpha value is -1.47. The molecule has 0 spiro atoms. The van der Waals surface area contributed by atoms with Gasteiger partial charge in [-0.25, -0.2) is 4.79 Å². The number of alkyl carbamates (subject to hydrolysis) is 1. The molecule has 8 heteroatoms. The lowest BCUT2D eigenvalue weighted by molar-refractivity contribution is -0.186. The van der Waals surface area contributed by atoms with Gasteiger partial charge in [0.15, 0.2) is 0 Å². The Morgan fingerprint density at radius 2 is 1.85 bits per heavy atom. The van der Waals surface area contributed by atoms with Crippen molar-refractivity contribution in [3.63, 3.8) is 0 Å². The fourth-order valence-corrected chi connectivity index (χ4v) is 1.93. The fourth-order valence-electron chi connectivity index (χ4n) is 1.93. The summed E-state index contributed by atoms with van der Waals surface area (Å²) in [5.74, 6) is -1.87. The largest absolute Gasteiger partial charge is 0.471 e. The van der Waals surface area contributed by atoms with E-state index in [1.807, 2.05) is 0 Å². The highest BCUT2D eigenvalue weighted by atomic mass is 19.4. The summed E-state index contributed by atoms with van der Waals surface area (Å²) in [6.45, 7) is 4.95. The van der Waals surface area contributed by atoms with Gasteiger partial charge in [-0.1, -0.05) is 0 Å². The van der Waals surface area contributed by atoms with Crippen LogP contribution in [0.4, 0.5) is 18.0 Å². The average Bonchev–Trinajstić information content (AvgIpc) is 2.24. The van der Waals surface area contributed by atoms with Crippen molar-refractivity contribution in [1.29, 1.82) is 0 Å². The molecule has 0 saturated carbocycles. The van der Waals surface area contributed by atoms with Gasteiger partial charge in [0, 0.05) is 19.1 Å². The molecule has 0 aromatic rings. The number of hydrogen-bond donors (Lipinski definition) is 1. The monoisotopic (exact) mass is 296 g/mol. The lowest BCUT2D eigenvalue weighted by atomic mass is 10.1. The van der Waals surface area contributed by atoms with E-state index in [0.29, 0.717) is 17.7 Å². The van der Waals surface area contributed by atoms with Gasteiger partial charge in [0.2, 0.25) is 0 Å². The number of carbonyl (C=O) groups excluding carboxylic acids is 2. The van der Waals surface area contributed by atoms with Crippen LogP contribution in [0.2, 0.25) is 0 Å². The van der Waals surface area contributed by atoms with Crippen LogP contribution in [0, 0.1) is 0 Å². The molecule has 5 nitrogen and oxygen atoms in total. The van der Waals surface area contributed by atoms with E-state index >= 15 is 0 Å². The van der Waals surface area contributed by atoms with Crippen LogP contribution in [0.5, 0.6) is 0 Å². The normalized spacial score (nSPS) is 20.5. The predicted octanol–water partition coefficient (Wildman–Crippen LogP) is 2.06. The Morgan fingerprint density at radius 3 is 2.35 bits per heavy atom. The Bertz CT molecular complexity index is 377. The van der Waals surface area contributed by atoms with Crippen molar-refractivity contribution in [3.8, 4) is 0 Å². The summed E-state index contributed by atoms with van der Waals surface area (Å²) < 4.78 is 42.1. The van der Waals surface area contributed by atoms with Crippen LogP contribution in [0.25, 0.3) is 0 Å². The minimum absolute atomic E-state index is 0.0465. The average molecular weight is 296 g/mol. The highest BCUT2D eigenvalue weighted by Crippen LogP contribution is 2.21. The molecule has 20 heavy (non-hydrogen) atoms. The number of amides is 2. The molecule has 1 aliphatic rings. The van der Waals surface area contributed by atoms with Crippen molar-refractivity contribution in [3.05, 3.63) is 0 Å². The zero-order valence-electron chi connectivity index (χ0n) is 11.7. The van der Waals surface area contributed by atoms with Crippen LogP contribution in [-0.4, -0.2) is 47.8 Å². The second-order valence-corrected chi connectivity index (χ2v) is 5.73. The summed E-state index contributed by atoms with van der Waals surface area (Å²) in [4.78, 5) is 23.4. The molecule has 0 radical (unpaired) electrons. The Kier molecular flexibility index (Phi) is 4.88. The van der Waals surface area contributed by atoms with Crippen LogP contribution in [0.15, 0.2) is 0 Å². The summed E-state index contributed by atoms with van der Waals surface area (Å²) in [6, 6.07) is -0.523. The SMILES string of the molecule is CC(C)(C)OC(=O)N[C@H]1CCCN(C(=O)C(F)(F)F)C1. The third kappa shape index (κ3) is 5.26. The van der Waals surface area contributed by atoms with Gasteiger partial charge in [0.25, 0.3) is 0 Å². The number of rotatable bonds is 1. The van der Waals surface area contributed by atoms with Crippen molar-refractivity contribution in [2.45, 2.75) is 51.4 Å². The molecule has 1 saturated heterocycles. The number of piperidine rings is 1. The van der Waals surface area contributed by atoms with Gasteiger partial charge in [-0.05, 0) is 33.6 Å². The quantitative estimate of drug-likeness (QED) is 0.806. The van der Waals surface area contributed by atoms with Gasteiger partial charge in [-0.2, -0.15) is 13.2 Å². The second-order valence-electron chi connectivity index (χ2n) is 5.73. The van der Waals surface area contributed by atoms with Gasteiger partial charge in [-0.15, -0.1) is 0 Å². The number of carbonyl (C=O) groups is 2. The molecule has 0 bridgehead atoms. The molecule has 1 rings (SSSR count). The van der Waals surface area contributed by atoms with E-state index in [9.17, 15) is 22.8 Å². The Labute approximate surface area is 115 Å². The van der Waals surface area contributed by atoms with E-state index in [-0.39, 0.29) is 13.1 Å². The van der Waals surface area contributed by atoms with Crippen LogP contribution in [0.1, 0.15) is 33.6 Å². The van der Waals surface area contributed by atoms with Crippen molar-refractivity contribution in [2.24, 2.45) is 0 Å². The van der Waals surface area contributed by atoms with E-state index < -0.39 is 29.8 Å². The number of likely N-dealkylation sites (tertiary alicyclic amines) is 1. The van der Waals surface area contributed by atoms with Crippen molar-refractivity contribution >= 4 is 12.0 Å². The second kappa shape index (κ2) is 5.88. The van der Waals surface area contributed by atoms with Crippen molar-refractivity contribution in [1.82, 2.24) is 10.2 Å². The highest BCUT2D eigenvalue weighted by molar-refractivity contribution is 5.82. The summed E-state index contributed by atoms with van der Waals surface area (Å²) in [5.41, 5.74) is -0.680. The van der Waals surface area contributed by atoms with E-state index in [0.717, 1.165) is 0 Å².